The van der Waals surface area contributed by atoms with Gasteiger partial charge in [-0.15, -0.1) is 11.3 Å². The van der Waals surface area contributed by atoms with Crippen molar-refractivity contribution >= 4 is 28.8 Å². The van der Waals surface area contributed by atoms with Gasteiger partial charge in [0.15, 0.2) is 5.82 Å². The molecule has 3 nitrogen and oxygen atoms in total. The van der Waals surface area contributed by atoms with Crippen molar-refractivity contribution in [2.24, 2.45) is 0 Å². The van der Waals surface area contributed by atoms with Gasteiger partial charge in [-0.25, -0.2) is 4.39 Å². The highest BCUT2D eigenvalue weighted by atomic mass is 35.5. The van der Waals surface area contributed by atoms with Crippen LogP contribution in [0.15, 0.2) is 35.7 Å². The van der Waals surface area contributed by atoms with Gasteiger partial charge in [0.2, 0.25) is 0 Å². The fourth-order valence-corrected chi connectivity index (χ4v) is 2.91. The lowest BCUT2D eigenvalue weighted by Gasteiger charge is -2.05. The van der Waals surface area contributed by atoms with Crippen molar-refractivity contribution in [3.05, 3.63) is 46.6 Å². The van der Waals surface area contributed by atoms with Gasteiger partial charge in [0.1, 0.15) is 5.82 Å². The lowest BCUT2D eigenvalue weighted by molar-refractivity contribution is 0.628. The van der Waals surface area contributed by atoms with Gasteiger partial charge in [-0.1, -0.05) is 17.7 Å². The van der Waals surface area contributed by atoms with Crippen LogP contribution in [0.25, 0.3) is 21.7 Å². The molecule has 0 bridgehead atoms. The van der Waals surface area contributed by atoms with E-state index >= 15 is 0 Å². The summed E-state index contributed by atoms with van der Waals surface area (Å²) in [5.74, 6) is -0.0367. The van der Waals surface area contributed by atoms with E-state index in [0.29, 0.717) is 22.0 Å². The van der Waals surface area contributed by atoms with Gasteiger partial charge in [-0.2, -0.15) is 5.10 Å². The molecule has 2 aromatic heterocycles. The Bertz CT molecular complexity index is 722. The summed E-state index contributed by atoms with van der Waals surface area (Å²) in [6, 6.07) is 8.12. The fourth-order valence-electron chi connectivity index (χ4n) is 1.92. The highest BCUT2D eigenvalue weighted by Crippen LogP contribution is 2.39. The molecule has 3 N–H and O–H groups in total. The third-order valence-electron chi connectivity index (χ3n) is 2.76. The number of aromatic amines is 1. The smallest absolute Gasteiger partial charge is 0.153 e. The molecule has 0 aliphatic heterocycles. The Morgan fingerprint density at radius 2 is 2.16 bits per heavy atom. The second-order valence-corrected chi connectivity index (χ2v) is 5.32. The summed E-state index contributed by atoms with van der Waals surface area (Å²) in [4.78, 5) is 1.000. The Morgan fingerprint density at radius 3 is 2.84 bits per heavy atom. The molecule has 6 heteroatoms. The molecule has 0 aliphatic rings. The molecule has 2 heterocycles. The molecule has 0 aliphatic carbocycles. The summed E-state index contributed by atoms with van der Waals surface area (Å²) in [6.07, 6.45) is 0. The van der Waals surface area contributed by atoms with Crippen molar-refractivity contribution < 1.29 is 4.39 Å². The molecule has 0 amide bonds. The van der Waals surface area contributed by atoms with Crippen LogP contribution in [0.1, 0.15) is 0 Å². The molecular formula is C13H9ClFN3S. The number of nitrogens with one attached hydrogen (secondary N) is 1. The lowest BCUT2D eigenvalue weighted by atomic mass is 10.0. The van der Waals surface area contributed by atoms with Crippen molar-refractivity contribution in [2.45, 2.75) is 0 Å². The van der Waals surface area contributed by atoms with Gasteiger partial charge in [-0.3, -0.25) is 5.10 Å². The van der Waals surface area contributed by atoms with E-state index in [0.717, 1.165) is 10.6 Å². The van der Waals surface area contributed by atoms with E-state index in [9.17, 15) is 4.39 Å². The van der Waals surface area contributed by atoms with Crippen molar-refractivity contribution in [2.75, 3.05) is 5.73 Å². The first-order valence-corrected chi connectivity index (χ1v) is 6.75. The number of hydrogen-bond donors (Lipinski definition) is 2. The summed E-state index contributed by atoms with van der Waals surface area (Å²) in [6.45, 7) is 0. The minimum Gasteiger partial charge on any atom is -0.382 e. The molecule has 3 rings (SSSR count). The number of H-pyrrole nitrogens is 1. The van der Waals surface area contributed by atoms with Crippen LogP contribution in [0.3, 0.4) is 0 Å². The van der Waals surface area contributed by atoms with Gasteiger partial charge in [0, 0.05) is 5.56 Å². The molecule has 19 heavy (non-hydrogen) atoms. The predicted octanol–water partition coefficient (Wildman–Crippen LogP) is 4.18. The van der Waals surface area contributed by atoms with Crippen LogP contribution < -0.4 is 5.73 Å². The second-order valence-electron chi connectivity index (χ2n) is 3.96. The maximum atomic E-state index is 13.1. The summed E-state index contributed by atoms with van der Waals surface area (Å²) in [5.41, 5.74) is 8.05. The maximum absolute atomic E-state index is 13.1. The van der Waals surface area contributed by atoms with E-state index in [1.54, 1.807) is 17.4 Å². The van der Waals surface area contributed by atoms with Crippen molar-refractivity contribution in [1.82, 2.24) is 10.2 Å². The van der Waals surface area contributed by atoms with E-state index in [4.69, 9.17) is 17.3 Å². The summed E-state index contributed by atoms with van der Waals surface area (Å²) >= 11 is 7.66. The van der Waals surface area contributed by atoms with Crippen molar-refractivity contribution in [1.29, 1.82) is 0 Å². The lowest BCUT2D eigenvalue weighted by Crippen LogP contribution is -1.89. The first-order chi connectivity index (χ1) is 9.16. The van der Waals surface area contributed by atoms with Crippen LogP contribution in [-0.4, -0.2) is 10.2 Å². The molecule has 0 unspecified atom stereocenters. The SMILES string of the molecule is Nc1n[nH]c(-c2cccs2)c1-c1ccc(F)cc1Cl. The Morgan fingerprint density at radius 1 is 1.32 bits per heavy atom. The van der Waals surface area contributed by atoms with Crippen LogP contribution >= 0.6 is 22.9 Å². The highest BCUT2D eigenvalue weighted by molar-refractivity contribution is 7.13. The number of thiophene rings is 1. The molecular weight excluding hydrogens is 285 g/mol. The maximum Gasteiger partial charge on any atom is 0.153 e. The summed E-state index contributed by atoms with van der Waals surface area (Å²) in [7, 11) is 0. The number of anilines is 1. The number of nitrogens with two attached hydrogens (primary N) is 1. The largest absolute Gasteiger partial charge is 0.382 e. The van der Waals surface area contributed by atoms with Crippen LogP contribution in [0.2, 0.25) is 5.02 Å². The number of rotatable bonds is 2. The second kappa shape index (κ2) is 4.68. The number of aromatic nitrogens is 2. The standard InChI is InChI=1S/C13H9ClFN3S/c14-9-6-7(15)3-4-8(9)11-12(17-18-13(11)16)10-2-1-5-19-10/h1-6H,(H3,16,17,18). The number of halogens is 2. The van der Waals surface area contributed by atoms with E-state index < -0.39 is 0 Å². The van der Waals surface area contributed by atoms with E-state index in [-0.39, 0.29) is 5.82 Å². The molecule has 1 aromatic carbocycles. The molecule has 0 saturated heterocycles. The highest BCUT2D eigenvalue weighted by Gasteiger charge is 2.17. The average Bonchev–Trinajstić information content (AvgIpc) is 2.99. The molecule has 3 aromatic rings. The normalized spacial score (nSPS) is 10.8. The van der Waals surface area contributed by atoms with Gasteiger partial charge in [-0.05, 0) is 29.6 Å². The fraction of sp³-hybridized carbons (Fsp3) is 0. The topological polar surface area (TPSA) is 54.7 Å². The molecule has 0 atom stereocenters. The van der Waals surface area contributed by atoms with Crippen LogP contribution in [0.5, 0.6) is 0 Å². The Labute approximate surface area is 117 Å². The average molecular weight is 294 g/mol. The van der Waals surface area contributed by atoms with Gasteiger partial charge < -0.3 is 5.73 Å². The van der Waals surface area contributed by atoms with Crippen LogP contribution in [-0.2, 0) is 0 Å². The monoisotopic (exact) mass is 293 g/mol. The number of hydrogen-bond acceptors (Lipinski definition) is 3. The minimum absolute atomic E-state index is 0.311. The Kier molecular flexibility index (Phi) is 3.00. The Hall–Kier alpha value is -1.85. The summed E-state index contributed by atoms with van der Waals surface area (Å²) < 4.78 is 13.1. The molecule has 0 fully saturated rings. The van der Waals surface area contributed by atoms with E-state index in [1.165, 1.54) is 12.1 Å². The van der Waals surface area contributed by atoms with E-state index in [1.807, 2.05) is 17.5 Å². The predicted molar refractivity (Wildman–Crippen MR) is 76.7 cm³/mol. The zero-order valence-electron chi connectivity index (χ0n) is 9.65. The number of nitrogens with zero attached hydrogens (tertiary/aromatic N) is 1. The van der Waals surface area contributed by atoms with Crippen LogP contribution in [0, 0.1) is 5.82 Å². The first kappa shape index (κ1) is 12.2. The minimum atomic E-state index is -0.381. The third-order valence-corrected chi connectivity index (χ3v) is 3.96. The number of nitrogen functional groups attached to an aromatic ring is 1. The quantitative estimate of drug-likeness (QED) is 0.744. The Balaban J connectivity index is 2.22. The number of benzene rings is 1. The van der Waals surface area contributed by atoms with Gasteiger partial charge in [0.05, 0.1) is 21.2 Å². The molecule has 0 saturated carbocycles. The zero-order chi connectivity index (χ0) is 13.4. The third kappa shape index (κ3) is 2.11. The van der Waals surface area contributed by atoms with Crippen molar-refractivity contribution in [3.63, 3.8) is 0 Å². The van der Waals surface area contributed by atoms with Gasteiger partial charge in [0.25, 0.3) is 0 Å². The van der Waals surface area contributed by atoms with E-state index in [2.05, 4.69) is 10.2 Å². The molecule has 96 valence electrons. The van der Waals surface area contributed by atoms with Crippen molar-refractivity contribution in [3.8, 4) is 21.7 Å². The zero-order valence-corrected chi connectivity index (χ0v) is 11.2. The molecule has 0 spiro atoms. The first-order valence-electron chi connectivity index (χ1n) is 5.50. The summed E-state index contributed by atoms with van der Waals surface area (Å²) in [5, 5.41) is 9.19. The van der Waals surface area contributed by atoms with Crippen LogP contribution in [0.4, 0.5) is 10.2 Å². The molecule has 0 radical (unpaired) electrons. The van der Waals surface area contributed by atoms with Gasteiger partial charge >= 0.3 is 0 Å².